The van der Waals surface area contributed by atoms with Crippen LogP contribution < -0.4 is 15.0 Å². The molecule has 2 aliphatic rings. The molecule has 0 aromatic heterocycles. The molecular weight excluding hydrogens is 322 g/mol. The van der Waals surface area contributed by atoms with Gasteiger partial charge in [0.15, 0.2) is 5.75 Å². The van der Waals surface area contributed by atoms with Crippen molar-refractivity contribution >= 4 is 11.4 Å². The highest BCUT2D eigenvalue weighted by Gasteiger charge is 2.27. The van der Waals surface area contributed by atoms with Crippen LogP contribution in [0.1, 0.15) is 30.5 Å². The number of benzene rings is 2. The van der Waals surface area contributed by atoms with E-state index in [2.05, 4.69) is 68.1 Å². The van der Waals surface area contributed by atoms with E-state index in [0.29, 0.717) is 0 Å². The Hall–Kier alpha value is -2.88. The Morgan fingerprint density at radius 3 is 2.35 bits per heavy atom. The number of hydrogen-bond acceptors (Lipinski definition) is 4. The Balaban J connectivity index is 1.62. The highest BCUT2D eigenvalue weighted by molar-refractivity contribution is 5.66. The Bertz CT molecular complexity index is 892. The van der Waals surface area contributed by atoms with Gasteiger partial charge < -0.3 is 19.9 Å². The maximum Gasteiger partial charge on any atom is 0.214 e. The molecule has 0 atom stereocenters. The summed E-state index contributed by atoms with van der Waals surface area (Å²) in [5.74, 6) is 1.64. The number of hydrogen-bond donors (Lipinski definition) is 1. The summed E-state index contributed by atoms with van der Waals surface area (Å²) in [6.07, 6.45) is 2.05. The van der Waals surface area contributed by atoms with E-state index in [9.17, 15) is 0 Å². The number of fused-ring (bicyclic) bond motifs is 1. The summed E-state index contributed by atoms with van der Waals surface area (Å²) < 4.78 is 5.92. The number of nitrogens with one attached hydrogen (secondary N) is 1. The maximum absolute atomic E-state index is 5.92. The first-order valence-electron chi connectivity index (χ1n) is 8.99. The molecule has 1 N–H and O–H groups in total. The van der Waals surface area contributed by atoms with E-state index < -0.39 is 0 Å². The van der Waals surface area contributed by atoms with Crippen molar-refractivity contribution in [2.24, 2.45) is 0 Å². The molecule has 26 heavy (non-hydrogen) atoms. The minimum absolute atomic E-state index is 0.762. The minimum Gasteiger partial charge on any atom is -0.437 e. The summed E-state index contributed by atoms with van der Waals surface area (Å²) >= 11 is 0. The maximum atomic E-state index is 5.92. The number of allylic oxidation sites excluding steroid dienone is 2. The van der Waals surface area contributed by atoms with Gasteiger partial charge in [-0.25, -0.2) is 0 Å². The molecule has 2 aromatic carbocycles. The number of ether oxygens (including phenoxy) is 1. The molecule has 0 amide bonds. The molecule has 0 aliphatic carbocycles. The van der Waals surface area contributed by atoms with Crippen LogP contribution in [0.4, 0.5) is 11.4 Å². The lowest BCUT2D eigenvalue weighted by atomic mass is 10.0. The average Bonchev–Trinajstić information content (AvgIpc) is 3.10. The highest BCUT2D eigenvalue weighted by atomic mass is 16.5. The lowest BCUT2D eigenvalue weighted by Crippen LogP contribution is -2.26. The summed E-state index contributed by atoms with van der Waals surface area (Å²) in [4.78, 5) is 4.63. The molecule has 4 heteroatoms. The Labute approximate surface area is 155 Å². The third-order valence-corrected chi connectivity index (χ3v) is 5.20. The van der Waals surface area contributed by atoms with Gasteiger partial charge in [-0.15, -0.1) is 0 Å². The van der Waals surface area contributed by atoms with Crippen LogP contribution in [0.15, 0.2) is 59.9 Å². The van der Waals surface area contributed by atoms with Crippen LogP contribution in [0.25, 0.3) is 0 Å². The molecule has 134 valence electrons. The van der Waals surface area contributed by atoms with Crippen LogP contribution in [0, 0.1) is 20.8 Å². The van der Waals surface area contributed by atoms with E-state index >= 15 is 0 Å². The van der Waals surface area contributed by atoms with Gasteiger partial charge in [-0.2, -0.15) is 0 Å². The molecule has 4 rings (SSSR count). The van der Waals surface area contributed by atoms with Crippen molar-refractivity contribution in [3.63, 3.8) is 0 Å². The molecule has 0 unspecified atom stereocenters. The average molecular weight is 347 g/mol. The molecule has 0 bridgehead atoms. The van der Waals surface area contributed by atoms with E-state index in [1.807, 2.05) is 24.3 Å². The quantitative estimate of drug-likeness (QED) is 0.803. The standard InChI is InChI=1S/C22H25N3O/c1-14-10-15(2)22(16(3)11-14)25-13-24(17(4)18(25)5)12-21-23-19-8-6-7-9-20(19)26-21/h6-12,23H,13H2,1-5H3/b21-12+. The van der Waals surface area contributed by atoms with E-state index in [1.54, 1.807) is 0 Å². The fourth-order valence-electron chi connectivity index (χ4n) is 3.88. The van der Waals surface area contributed by atoms with Crippen LogP contribution in [-0.4, -0.2) is 11.6 Å². The largest absolute Gasteiger partial charge is 0.437 e. The van der Waals surface area contributed by atoms with E-state index in [-0.39, 0.29) is 0 Å². The summed E-state index contributed by atoms with van der Waals surface area (Å²) in [6.45, 7) is 11.7. The molecule has 2 aliphatic heterocycles. The number of anilines is 2. The first kappa shape index (κ1) is 16.6. The molecule has 2 aromatic rings. The molecule has 2 heterocycles. The number of para-hydroxylation sites is 2. The molecule has 0 radical (unpaired) electrons. The first-order valence-corrected chi connectivity index (χ1v) is 8.99. The smallest absolute Gasteiger partial charge is 0.214 e. The zero-order valence-corrected chi connectivity index (χ0v) is 16.1. The Morgan fingerprint density at radius 1 is 0.962 bits per heavy atom. The van der Waals surface area contributed by atoms with Gasteiger partial charge in [0.2, 0.25) is 5.88 Å². The van der Waals surface area contributed by atoms with E-state index in [1.165, 1.54) is 33.8 Å². The monoisotopic (exact) mass is 347 g/mol. The topological polar surface area (TPSA) is 27.7 Å². The third-order valence-electron chi connectivity index (χ3n) is 5.20. The summed E-state index contributed by atoms with van der Waals surface area (Å²) in [5, 5.41) is 3.34. The fourth-order valence-corrected chi connectivity index (χ4v) is 3.88. The summed E-state index contributed by atoms with van der Waals surface area (Å²) in [5.41, 5.74) is 8.75. The zero-order chi connectivity index (χ0) is 18.4. The molecule has 0 saturated heterocycles. The van der Waals surface area contributed by atoms with Crippen molar-refractivity contribution in [1.82, 2.24) is 4.90 Å². The van der Waals surface area contributed by atoms with Gasteiger partial charge in [0.05, 0.1) is 18.6 Å². The normalized spacial score (nSPS) is 17.7. The van der Waals surface area contributed by atoms with Crippen LogP contribution in [0.3, 0.4) is 0 Å². The van der Waals surface area contributed by atoms with Crippen LogP contribution in [0.5, 0.6) is 5.75 Å². The Kier molecular flexibility index (Phi) is 3.91. The number of nitrogens with zero attached hydrogens (tertiary/aromatic N) is 2. The summed E-state index contributed by atoms with van der Waals surface area (Å²) in [7, 11) is 0. The second-order valence-electron chi connectivity index (χ2n) is 7.17. The van der Waals surface area contributed by atoms with Gasteiger partial charge >= 0.3 is 0 Å². The van der Waals surface area contributed by atoms with Crippen LogP contribution in [-0.2, 0) is 0 Å². The first-order chi connectivity index (χ1) is 12.4. The molecular formula is C22H25N3O. The van der Waals surface area contributed by atoms with Gasteiger partial charge in [-0.05, 0) is 57.9 Å². The van der Waals surface area contributed by atoms with Crippen molar-refractivity contribution in [2.45, 2.75) is 34.6 Å². The lowest BCUT2D eigenvalue weighted by Gasteiger charge is -2.25. The third kappa shape index (κ3) is 2.71. The number of rotatable bonds is 2. The lowest BCUT2D eigenvalue weighted by molar-refractivity contribution is 0.420. The van der Waals surface area contributed by atoms with Gasteiger partial charge in [-0.1, -0.05) is 29.8 Å². The van der Waals surface area contributed by atoms with Crippen molar-refractivity contribution in [2.75, 3.05) is 16.9 Å². The SMILES string of the molecule is CC1=C(C)N(c2c(C)cc(C)cc2C)CN1/C=C1\Nc2ccccc2O1. The van der Waals surface area contributed by atoms with Crippen molar-refractivity contribution < 1.29 is 4.74 Å². The van der Waals surface area contributed by atoms with Crippen LogP contribution in [0.2, 0.25) is 0 Å². The van der Waals surface area contributed by atoms with Gasteiger partial charge in [0.25, 0.3) is 0 Å². The predicted molar refractivity (Wildman–Crippen MR) is 107 cm³/mol. The van der Waals surface area contributed by atoms with Crippen LogP contribution >= 0.6 is 0 Å². The fraction of sp³-hybridized carbons (Fsp3) is 0.273. The number of aryl methyl sites for hydroxylation is 3. The second kappa shape index (κ2) is 6.13. The van der Waals surface area contributed by atoms with Gasteiger partial charge in [0, 0.05) is 17.1 Å². The summed E-state index contributed by atoms with van der Waals surface area (Å²) in [6, 6.07) is 12.5. The molecule has 0 fully saturated rings. The molecule has 0 spiro atoms. The van der Waals surface area contributed by atoms with Gasteiger partial charge in [0.1, 0.15) is 0 Å². The minimum atomic E-state index is 0.762. The van der Waals surface area contributed by atoms with Crippen molar-refractivity contribution in [3.8, 4) is 5.75 Å². The van der Waals surface area contributed by atoms with Gasteiger partial charge in [-0.3, -0.25) is 0 Å². The zero-order valence-electron chi connectivity index (χ0n) is 16.1. The van der Waals surface area contributed by atoms with E-state index in [0.717, 1.165) is 24.0 Å². The second-order valence-corrected chi connectivity index (χ2v) is 7.17. The molecule has 4 nitrogen and oxygen atoms in total. The predicted octanol–water partition coefficient (Wildman–Crippen LogP) is 5.25. The van der Waals surface area contributed by atoms with Crippen molar-refractivity contribution in [3.05, 3.63) is 76.6 Å². The molecule has 0 saturated carbocycles. The highest BCUT2D eigenvalue weighted by Crippen LogP contribution is 2.36. The van der Waals surface area contributed by atoms with Crippen molar-refractivity contribution in [1.29, 1.82) is 0 Å². The Morgan fingerprint density at radius 2 is 1.65 bits per heavy atom. The van der Waals surface area contributed by atoms with E-state index in [4.69, 9.17) is 4.74 Å².